The molecule has 0 aromatic heterocycles. The molecule has 128 valence electrons. The van der Waals surface area contributed by atoms with Gasteiger partial charge in [-0.05, 0) is 30.7 Å². The topological polar surface area (TPSA) is 108 Å². The van der Waals surface area contributed by atoms with Gasteiger partial charge in [0.2, 0.25) is 5.71 Å². The lowest BCUT2D eigenvalue weighted by Crippen LogP contribution is -2.38. The number of halogens is 2. The molecule has 0 bridgehead atoms. The first kappa shape index (κ1) is 18.7. The van der Waals surface area contributed by atoms with Crippen LogP contribution in [0.25, 0.3) is 0 Å². The molecule has 0 radical (unpaired) electrons. The highest BCUT2D eigenvalue weighted by Gasteiger charge is 2.52. The van der Waals surface area contributed by atoms with E-state index in [-0.39, 0.29) is 12.0 Å². The molecule has 0 atom stereocenters. The molecule has 0 saturated heterocycles. The molecule has 11 heteroatoms. The molecule has 0 aliphatic carbocycles. The number of hydrogen-bond donors (Lipinski definition) is 0. The Morgan fingerprint density at radius 1 is 1.35 bits per heavy atom. The van der Waals surface area contributed by atoms with Gasteiger partial charge >= 0.3 is 16.2 Å². The highest BCUT2D eigenvalue weighted by molar-refractivity contribution is 7.86. The first-order chi connectivity index (χ1) is 10.6. The Labute approximate surface area is 131 Å². The molecule has 0 fully saturated rings. The maximum atomic E-state index is 13.7. The van der Waals surface area contributed by atoms with E-state index < -0.39 is 32.6 Å². The van der Waals surface area contributed by atoms with E-state index in [2.05, 4.69) is 9.44 Å². The maximum Gasteiger partial charge on any atom is 0.560 e. The highest BCUT2D eigenvalue weighted by atomic mass is 32.2. The molecule has 0 heterocycles. The van der Waals surface area contributed by atoms with Crippen LogP contribution in [0.15, 0.2) is 29.4 Å². The van der Waals surface area contributed by atoms with Crippen molar-refractivity contribution in [3.05, 3.63) is 39.9 Å². The summed E-state index contributed by atoms with van der Waals surface area (Å²) in [5.74, 6) is -0.145. The Hall–Kier alpha value is -2.30. The van der Waals surface area contributed by atoms with E-state index in [9.17, 15) is 27.3 Å². The normalized spacial score (nSPS) is 12.8. The lowest BCUT2D eigenvalue weighted by Gasteiger charge is -2.11. The lowest BCUT2D eigenvalue weighted by atomic mass is 10.1. The number of rotatable bonds is 8. The van der Waals surface area contributed by atoms with Crippen molar-refractivity contribution in [1.82, 2.24) is 0 Å². The lowest BCUT2D eigenvalue weighted by molar-refractivity contribution is -0.616. The summed E-state index contributed by atoms with van der Waals surface area (Å²) >= 11 is 0. The van der Waals surface area contributed by atoms with Crippen LogP contribution in [-0.4, -0.2) is 38.0 Å². The first-order valence-electron chi connectivity index (χ1n) is 6.30. The summed E-state index contributed by atoms with van der Waals surface area (Å²) in [5, 5.41) is 13.4. The Morgan fingerprint density at radius 3 is 2.35 bits per heavy atom. The van der Waals surface area contributed by atoms with E-state index in [1.165, 1.54) is 26.2 Å². The quantitative estimate of drug-likeness (QED) is 0.306. The predicted molar refractivity (Wildman–Crippen MR) is 76.6 cm³/mol. The molecule has 8 nitrogen and oxygen atoms in total. The van der Waals surface area contributed by atoms with Gasteiger partial charge in [-0.2, -0.15) is 8.42 Å². The largest absolute Gasteiger partial charge is 0.560 e. The van der Waals surface area contributed by atoms with Crippen molar-refractivity contribution < 1.29 is 31.1 Å². The Bertz CT molecular complexity index is 688. The van der Waals surface area contributed by atoms with Crippen LogP contribution in [0.4, 0.5) is 8.78 Å². The molecule has 0 unspecified atom stereocenters. The van der Waals surface area contributed by atoms with Gasteiger partial charge in [0.25, 0.3) is 0 Å². The standard InChI is InChI=1S/C12H14F2N2O6S/c1-3-8-23(19,20)22-15-11(12(13,14)16(17)18)9-4-6-10(21-2)7-5-9/h4-7H,3,8H2,1-2H3. The van der Waals surface area contributed by atoms with Crippen molar-refractivity contribution >= 4 is 15.8 Å². The molecule has 0 aliphatic rings. The number of benzene rings is 1. The SMILES string of the molecule is CCCS(=O)(=O)ON=C(c1ccc(OC)cc1)C(F)(F)[N+](=O)[O-]. The monoisotopic (exact) mass is 352 g/mol. The van der Waals surface area contributed by atoms with Gasteiger partial charge in [-0.3, -0.25) is 14.4 Å². The molecular weight excluding hydrogens is 338 g/mol. The smallest absolute Gasteiger partial charge is 0.497 e. The summed E-state index contributed by atoms with van der Waals surface area (Å²) in [7, 11) is -2.86. The fraction of sp³-hybridized carbons (Fsp3) is 0.417. The number of ether oxygens (including phenoxy) is 1. The summed E-state index contributed by atoms with van der Waals surface area (Å²) in [4.78, 5) is 8.67. The van der Waals surface area contributed by atoms with Gasteiger partial charge in [0, 0.05) is 5.56 Å². The van der Waals surface area contributed by atoms with Gasteiger partial charge in [-0.25, -0.2) is 0 Å². The highest BCUT2D eigenvalue weighted by Crippen LogP contribution is 2.24. The summed E-state index contributed by atoms with van der Waals surface area (Å²) in [6.07, 6.45) is 0.168. The van der Waals surface area contributed by atoms with Crippen molar-refractivity contribution in [3.8, 4) is 5.75 Å². The van der Waals surface area contributed by atoms with Gasteiger partial charge in [-0.15, -0.1) is 8.78 Å². The van der Waals surface area contributed by atoms with Gasteiger partial charge in [0.05, 0.1) is 12.9 Å². The number of alkyl halides is 2. The Balaban J connectivity index is 3.29. The van der Waals surface area contributed by atoms with E-state index in [4.69, 9.17) is 4.74 Å². The molecule has 1 rings (SSSR count). The molecule has 1 aromatic carbocycles. The van der Waals surface area contributed by atoms with Crippen LogP contribution in [0, 0.1) is 10.1 Å². The molecular formula is C12H14F2N2O6S. The molecule has 23 heavy (non-hydrogen) atoms. The third-order valence-electron chi connectivity index (χ3n) is 2.57. The van der Waals surface area contributed by atoms with Crippen LogP contribution in [-0.2, 0) is 14.4 Å². The van der Waals surface area contributed by atoms with E-state index in [1.807, 2.05) is 0 Å². The summed E-state index contributed by atoms with van der Waals surface area (Å²) < 4.78 is 59.2. The molecule has 0 N–H and O–H groups in total. The molecule has 0 aliphatic heterocycles. The van der Waals surface area contributed by atoms with Crippen LogP contribution in [0.3, 0.4) is 0 Å². The second-order valence-electron chi connectivity index (χ2n) is 4.30. The van der Waals surface area contributed by atoms with Crippen LogP contribution < -0.4 is 4.74 Å². The van der Waals surface area contributed by atoms with E-state index >= 15 is 0 Å². The van der Waals surface area contributed by atoms with Crippen molar-refractivity contribution in [2.24, 2.45) is 5.16 Å². The summed E-state index contributed by atoms with van der Waals surface area (Å²) in [6, 6.07) is 0.0505. The average molecular weight is 352 g/mol. The van der Waals surface area contributed by atoms with Crippen LogP contribution in [0.2, 0.25) is 0 Å². The maximum absolute atomic E-state index is 13.7. The van der Waals surface area contributed by atoms with Gasteiger partial charge in [0.15, 0.2) is 0 Å². The van der Waals surface area contributed by atoms with Crippen molar-refractivity contribution in [1.29, 1.82) is 0 Å². The Morgan fingerprint density at radius 2 is 1.91 bits per heavy atom. The molecule has 0 spiro atoms. The minimum Gasteiger partial charge on any atom is -0.497 e. The fourth-order valence-electron chi connectivity index (χ4n) is 1.50. The van der Waals surface area contributed by atoms with Crippen LogP contribution >= 0.6 is 0 Å². The average Bonchev–Trinajstić information content (AvgIpc) is 2.47. The minimum absolute atomic E-state index is 0.168. The second-order valence-corrected chi connectivity index (χ2v) is 5.98. The zero-order valence-electron chi connectivity index (χ0n) is 12.2. The van der Waals surface area contributed by atoms with Gasteiger partial charge < -0.3 is 4.74 Å². The zero-order chi connectivity index (χ0) is 17.7. The van der Waals surface area contributed by atoms with E-state index in [0.29, 0.717) is 5.75 Å². The van der Waals surface area contributed by atoms with Gasteiger partial charge in [0.1, 0.15) is 10.7 Å². The third kappa shape index (κ3) is 4.84. The molecule has 0 saturated carbocycles. The number of oxime groups is 1. The minimum atomic E-state index is -4.63. The molecule has 0 amide bonds. The van der Waals surface area contributed by atoms with Crippen LogP contribution in [0.5, 0.6) is 5.75 Å². The predicted octanol–water partition coefficient (Wildman–Crippen LogP) is 2.03. The molecule has 1 aromatic rings. The van der Waals surface area contributed by atoms with Crippen molar-refractivity contribution in [2.45, 2.75) is 19.4 Å². The summed E-state index contributed by atoms with van der Waals surface area (Å²) in [5.41, 5.74) is -1.80. The van der Waals surface area contributed by atoms with Gasteiger partial charge in [-0.1, -0.05) is 12.1 Å². The Kier molecular flexibility index (Phi) is 5.96. The van der Waals surface area contributed by atoms with E-state index in [0.717, 1.165) is 12.1 Å². The number of nitrogens with zero attached hydrogens (tertiary/aromatic N) is 2. The van der Waals surface area contributed by atoms with Crippen molar-refractivity contribution in [2.75, 3.05) is 12.9 Å². The number of nitro groups is 1. The first-order valence-corrected chi connectivity index (χ1v) is 7.88. The number of methoxy groups -OCH3 is 1. The zero-order valence-corrected chi connectivity index (χ0v) is 13.0. The summed E-state index contributed by atoms with van der Waals surface area (Å²) in [6.45, 7) is 1.53. The fourth-order valence-corrected chi connectivity index (χ4v) is 2.26. The van der Waals surface area contributed by atoms with Crippen LogP contribution in [0.1, 0.15) is 18.9 Å². The second kappa shape index (κ2) is 7.31. The third-order valence-corrected chi connectivity index (χ3v) is 3.78. The number of hydrogen-bond acceptors (Lipinski definition) is 7. The van der Waals surface area contributed by atoms with Crippen molar-refractivity contribution in [3.63, 3.8) is 0 Å². The van der Waals surface area contributed by atoms with E-state index in [1.54, 1.807) is 0 Å².